The number of carbonyl (C=O) groups is 1. The number of hydrogen-bond donors (Lipinski definition) is 3. The van der Waals surface area contributed by atoms with Crippen molar-refractivity contribution in [1.82, 2.24) is 10.2 Å². The Morgan fingerprint density at radius 1 is 1.33 bits per heavy atom. The van der Waals surface area contributed by atoms with E-state index in [0.717, 1.165) is 25.0 Å². The Balaban J connectivity index is 0.00000208. The van der Waals surface area contributed by atoms with Gasteiger partial charge in [0.05, 0.1) is 0 Å². The molecule has 24 heavy (non-hydrogen) atoms. The smallest absolute Gasteiger partial charge is 0.228 e. The zero-order valence-corrected chi connectivity index (χ0v) is 15.8. The van der Waals surface area contributed by atoms with Gasteiger partial charge in [0, 0.05) is 23.7 Å². The number of nitrogens with two attached hydrogens (primary N) is 1. The second kappa shape index (κ2) is 7.44. The Hall–Kier alpha value is -1.07. The van der Waals surface area contributed by atoms with Gasteiger partial charge >= 0.3 is 0 Å². The van der Waals surface area contributed by atoms with E-state index < -0.39 is 0 Å². The number of halogens is 1. The lowest BCUT2D eigenvalue weighted by Gasteiger charge is -2.43. The molecule has 1 aromatic heterocycles. The average molecular weight is 355 g/mol. The molecule has 0 spiro atoms. The van der Waals surface area contributed by atoms with Crippen molar-refractivity contribution in [2.24, 2.45) is 28.9 Å². The Labute approximate surface area is 150 Å². The van der Waals surface area contributed by atoms with E-state index in [4.69, 9.17) is 5.73 Å². The van der Waals surface area contributed by atoms with Crippen LogP contribution in [0.15, 0.2) is 6.07 Å². The van der Waals surface area contributed by atoms with Crippen LogP contribution >= 0.6 is 12.4 Å². The third kappa shape index (κ3) is 4.51. The van der Waals surface area contributed by atoms with Crippen LogP contribution in [0.3, 0.4) is 0 Å². The summed E-state index contributed by atoms with van der Waals surface area (Å²) in [6, 6.07) is 2.26. The van der Waals surface area contributed by atoms with Gasteiger partial charge in [-0.15, -0.1) is 12.4 Å². The first-order chi connectivity index (χ1) is 10.8. The van der Waals surface area contributed by atoms with Gasteiger partial charge in [0.25, 0.3) is 0 Å². The normalized spacial score (nSPS) is 29.7. The Kier molecular flexibility index (Phi) is 5.97. The van der Waals surface area contributed by atoms with Crippen molar-refractivity contribution in [2.75, 3.05) is 5.32 Å². The van der Waals surface area contributed by atoms with Gasteiger partial charge in [-0.1, -0.05) is 27.2 Å². The van der Waals surface area contributed by atoms with Crippen LogP contribution < -0.4 is 11.1 Å². The molecule has 1 amide bonds. The van der Waals surface area contributed by atoms with Crippen molar-refractivity contribution in [2.45, 2.75) is 65.3 Å². The molecule has 0 saturated heterocycles. The first-order valence-electron chi connectivity index (χ1n) is 8.92. The molecule has 0 aliphatic heterocycles. The minimum atomic E-state index is 0. The van der Waals surface area contributed by atoms with Crippen LogP contribution in [0.4, 0.5) is 5.82 Å². The van der Waals surface area contributed by atoms with E-state index in [1.807, 2.05) is 6.07 Å². The van der Waals surface area contributed by atoms with Gasteiger partial charge in [0.15, 0.2) is 5.82 Å². The second-order valence-corrected chi connectivity index (χ2v) is 8.70. The first-order valence-corrected chi connectivity index (χ1v) is 8.92. The highest BCUT2D eigenvalue weighted by Crippen LogP contribution is 2.42. The molecule has 6 heteroatoms. The van der Waals surface area contributed by atoms with Gasteiger partial charge in [-0.25, -0.2) is 0 Å². The number of nitrogens with one attached hydrogen (secondary N) is 2. The molecule has 5 nitrogen and oxygen atoms in total. The fraction of sp³-hybridized carbons (Fsp3) is 0.778. The van der Waals surface area contributed by atoms with Gasteiger partial charge in [-0.3, -0.25) is 9.89 Å². The molecule has 136 valence electrons. The molecule has 0 aromatic carbocycles. The molecular formula is C18H31ClN4O. The minimum Gasteiger partial charge on any atom is -0.327 e. The number of aromatic nitrogens is 2. The van der Waals surface area contributed by atoms with Crippen molar-refractivity contribution in [1.29, 1.82) is 0 Å². The van der Waals surface area contributed by atoms with Crippen LogP contribution in [0.25, 0.3) is 0 Å². The molecule has 3 rings (SSSR count). The Morgan fingerprint density at radius 3 is 2.54 bits per heavy atom. The van der Waals surface area contributed by atoms with Crippen molar-refractivity contribution in [3.63, 3.8) is 0 Å². The minimum absolute atomic E-state index is 0. The summed E-state index contributed by atoms with van der Waals surface area (Å²) in [5, 5.41) is 10.3. The lowest BCUT2D eigenvalue weighted by molar-refractivity contribution is -0.122. The quantitative estimate of drug-likeness (QED) is 0.776. The molecule has 0 radical (unpaired) electrons. The molecule has 2 aliphatic rings. The van der Waals surface area contributed by atoms with Gasteiger partial charge < -0.3 is 11.1 Å². The molecule has 1 aromatic rings. The van der Waals surface area contributed by atoms with Crippen LogP contribution in [0, 0.1) is 23.2 Å². The molecular weight excluding hydrogens is 324 g/mol. The van der Waals surface area contributed by atoms with Crippen LogP contribution in [0.1, 0.15) is 58.6 Å². The zero-order valence-electron chi connectivity index (χ0n) is 15.0. The number of anilines is 1. The molecule has 2 unspecified atom stereocenters. The highest BCUT2D eigenvalue weighted by atomic mass is 35.5. The largest absolute Gasteiger partial charge is 0.327 e. The van der Waals surface area contributed by atoms with E-state index in [2.05, 4.69) is 36.3 Å². The second-order valence-electron chi connectivity index (χ2n) is 8.70. The molecule has 2 atom stereocenters. The van der Waals surface area contributed by atoms with Crippen molar-refractivity contribution >= 4 is 24.1 Å². The van der Waals surface area contributed by atoms with E-state index in [0.29, 0.717) is 23.7 Å². The van der Waals surface area contributed by atoms with Crippen LogP contribution in [0.5, 0.6) is 0 Å². The molecule has 4 N–H and O–H groups in total. The maximum Gasteiger partial charge on any atom is 0.228 e. The molecule has 2 fully saturated rings. The fourth-order valence-corrected chi connectivity index (χ4v) is 4.32. The Morgan fingerprint density at radius 2 is 1.96 bits per heavy atom. The van der Waals surface area contributed by atoms with E-state index >= 15 is 0 Å². The number of rotatable bonds is 3. The van der Waals surface area contributed by atoms with E-state index in [1.165, 1.54) is 19.3 Å². The van der Waals surface area contributed by atoms with Crippen LogP contribution in [0.2, 0.25) is 0 Å². The standard InChI is InChI=1S/C18H30N4O.ClH/c1-18(2,3)10-14-9-15(22-21-14)20-17(23)13-7-11-5-4-6-12(8-13)16(11)19;/h9,11-13,16H,4-8,10,19H2,1-3H3,(H2,20,21,22,23);1H. The summed E-state index contributed by atoms with van der Waals surface area (Å²) in [4.78, 5) is 12.6. The number of fused-ring (bicyclic) bond motifs is 2. The maximum absolute atomic E-state index is 12.6. The summed E-state index contributed by atoms with van der Waals surface area (Å²) in [5.74, 6) is 1.90. The summed E-state index contributed by atoms with van der Waals surface area (Å²) >= 11 is 0. The van der Waals surface area contributed by atoms with Crippen LogP contribution in [-0.2, 0) is 11.2 Å². The lowest BCUT2D eigenvalue weighted by Crippen LogP contribution is -2.48. The highest BCUT2D eigenvalue weighted by Gasteiger charge is 2.40. The molecule has 2 saturated carbocycles. The summed E-state index contributed by atoms with van der Waals surface area (Å²) in [6.07, 6.45) is 6.41. The number of H-pyrrole nitrogens is 1. The summed E-state index contributed by atoms with van der Waals surface area (Å²) in [7, 11) is 0. The number of aromatic amines is 1. The summed E-state index contributed by atoms with van der Waals surface area (Å²) < 4.78 is 0. The van der Waals surface area contributed by atoms with Gasteiger partial charge in [0.1, 0.15) is 0 Å². The molecule has 2 aliphatic carbocycles. The van der Waals surface area contributed by atoms with Gasteiger partial charge in [-0.2, -0.15) is 5.10 Å². The predicted octanol–water partition coefficient (Wildman–Crippen LogP) is 3.51. The van der Waals surface area contributed by atoms with Gasteiger partial charge in [-0.05, 0) is 49.4 Å². The summed E-state index contributed by atoms with van der Waals surface area (Å²) in [6.45, 7) is 6.57. The van der Waals surface area contributed by atoms with E-state index in [-0.39, 0.29) is 29.6 Å². The Bertz CT molecular complexity index is 552. The third-order valence-corrected chi connectivity index (χ3v) is 5.39. The average Bonchev–Trinajstić information content (AvgIpc) is 2.83. The zero-order chi connectivity index (χ0) is 16.6. The number of nitrogens with zero attached hydrogens (tertiary/aromatic N) is 1. The fourth-order valence-electron chi connectivity index (χ4n) is 4.32. The summed E-state index contributed by atoms with van der Waals surface area (Å²) in [5.41, 5.74) is 7.58. The highest BCUT2D eigenvalue weighted by molar-refractivity contribution is 5.91. The lowest BCUT2D eigenvalue weighted by atomic mass is 9.65. The third-order valence-electron chi connectivity index (χ3n) is 5.39. The van der Waals surface area contributed by atoms with Crippen molar-refractivity contribution in [3.8, 4) is 0 Å². The van der Waals surface area contributed by atoms with Crippen molar-refractivity contribution < 1.29 is 4.79 Å². The predicted molar refractivity (Wildman–Crippen MR) is 99.2 cm³/mol. The SMILES string of the molecule is CC(C)(C)Cc1cc(NC(=O)C2CC3CCCC(C2)C3N)n[nH]1.Cl. The number of hydrogen-bond acceptors (Lipinski definition) is 3. The topological polar surface area (TPSA) is 83.8 Å². The van der Waals surface area contributed by atoms with E-state index in [1.54, 1.807) is 0 Å². The number of carbonyl (C=O) groups excluding carboxylic acids is 1. The monoisotopic (exact) mass is 354 g/mol. The van der Waals surface area contributed by atoms with E-state index in [9.17, 15) is 4.79 Å². The van der Waals surface area contributed by atoms with Crippen LogP contribution in [-0.4, -0.2) is 22.1 Å². The first kappa shape index (κ1) is 19.3. The van der Waals surface area contributed by atoms with Crippen molar-refractivity contribution in [3.05, 3.63) is 11.8 Å². The molecule has 1 heterocycles. The molecule has 2 bridgehead atoms. The van der Waals surface area contributed by atoms with Gasteiger partial charge in [0.2, 0.25) is 5.91 Å². The number of amides is 1. The maximum atomic E-state index is 12.6.